The van der Waals surface area contributed by atoms with Crippen molar-refractivity contribution in [1.82, 2.24) is 0 Å². The Balaban J connectivity index is 1.92. The molecule has 4 nitrogen and oxygen atoms in total. The molecule has 1 heterocycles. The van der Waals surface area contributed by atoms with Crippen LogP contribution in [0.15, 0.2) is 46.9 Å². The predicted octanol–water partition coefficient (Wildman–Crippen LogP) is 4.18. The van der Waals surface area contributed by atoms with Gasteiger partial charge in [0, 0.05) is 22.6 Å². The van der Waals surface area contributed by atoms with Crippen LogP contribution in [0.25, 0.3) is 0 Å². The van der Waals surface area contributed by atoms with E-state index in [2.05, 4.69) is 36.7 Å². The summed E-state index contributed by atoms with van der Waals surface area (Å²) in [5.74, 6) is -0.743. The van der Waals surface area contributed by atoms with Gasteiger partial charge in [-0.05, 0) is 29.2 Å². The van der Waals surface area contributed by atoms with Gasteiger partial charge in [0.1, 0.15) is 0 Å². The zero-order valence-corrected chi connectivity index (χ0v) is 16.9. The molecule has 0 aromatic heterocycles. The van der Waals surface area contributed by atoms with Gasteiger partial charge >= 0.3 is 0 Å². The van der Waals surface area contributed by atoms with Crippen molar-refractivity contribution in [2.24, 2.45) is 0 Å². The lowest BCUT2D eigenvalue weighted by molar-refractivity contribution is -0.135. The summed E-state index contributed by atoms with van der Waals surface area (Å²) in [6.07, 6.45) is -0.283. The molecule has 0 bridgehead atoms. The number of hydrogen-bond donors (Lipinski definition) is 1. The van der Waals surface area contributed by atoms with Gasteiger partial charge in [0.25, 0.3) is 5.91 Å². The maximum absolute atomic E-state index is 12.8. The van der Waals surface area contributed by atoms with Gasteiger partial charge in [-0.1, -0.05) is 61.0 Å². The number of amides is 1. The highest BCUT2D eigenvalue weighted by molar-refractivity contribution is 9.10. The van der Waals surface area contributed by atoms with Crippen LogP contribution in [0.2, 0.25) is 0 Å². The SMILES string of the molecule is CN1C(=O)[C@](O)(CC(=O)c2ccc(C(C)(C)C)cc2)c2cc(Br)ccc21. The fourth-order valence-electron chi connectivity index (χ4n) is 3.30. The lowest BCUT2D eigenvalue weighted by Gasteiger charge is -2.22. The summed E-state index contributed by atoms with van der Waals surface area (Å²) >= 11 is 3.37. The van der Waals surface area contributed by atoms with E-state index in [9.17, 15) is 14.7 Å². The van der Waals surface area contributed by atoms with Crippen molar-refractivity contribution in [3.63, 3.8) is 0 Å². The average molecular weight is 416 g/mol. The molecule has 0 fully saturated rings. The van der Waals surface area contributed by atoms with Crippen LogP contribution in [0, 0.1) is 0 Å². The van der Waals surface area contributed by atoms with E-state index < -0.39 is 11.5 Å². The summed E-state index contributed by atoms with van der Waals surface area (Å²) in [4.78, 5) is 26.8. The zero-order chi connectivity index (χ0) is 19.3. The smallest absolute Gasteiger partial charge is 0.263 e. The highest BCUT2D eigenvalue weighted by Crippen LogP contribution is 2.43. The summed E-state index contributed by atoms with van der Waals surface area (Å²) in [7, 11) is 1.61. The molecule has 0 aliphatic carbocycles. The Morgan fingerprint density at radius 2 is 1.77 bits per heavy atom. The molecule has 0 saturated carbocycles. The van der Waals surface area contributed by atoms with Gasteiger partial charge in [0.05, 0.1) is 12.1 Å². The third-order valence-electron chi connectivity index (χ3n) is 4.91. The second kappa shape index (κ2) is 6.32. The molecular formula is C21H22BrNO3. The molecule has 0 spiro atoms. The molecule has 1 aliphatic rings. The first-order chi connectivity index (χ1) is 12.0. The van der Waals surface area contributed by atoms with Crippen molar-refractivity contribution >= 4 is 33.3 Å². The Morgan fingerprint density at radius 3 is 2.35 bits per heavy atom. The fourth-order valence-corrected chi connectivity index (χ4v) is 3.66. The molecule has 2 aromatic carbocycles. The molecule has 5 heteroatoms. The summed E-state index contributed by atoms with van der Waals surface area (Å²) in [6, 6.07) is 12.6. The zero-order valence-electron chi connectivity index (χ0n) is 15.3. The summed E-state index contributed by atoms with van der Waals surface area (Å²) < 4.78 is 0.750. The number of nitrogens with zero attached hydrogens (tertiary/aromatic N) is 1. The minimum atomic E-state index is -1.84. The number of ketones is 1. The Bertz CT molecular complexity index is 883. The van der Waals surface area contributed by atoms with Gasteiger partial charge in [-0.25, -0.2) is 0 Å². The Kier molecular flexibility index (Phi) is 4.57. The normalized spacial score (nSPS) is 19.6. The third-order valence-corrected chi connectivity index (χ3v) is 5.41. The number of aliphatic hydroxyl groups is 1. The quantitative estimate of drug-likeness (QED) is 0.764. The minimum absolute atomic E-state index is 0.00483. The average Bonchev–Trinajstić information content (AvgIpc) is 2.76. The topological polar surface area (TPSA) is 57.6 Å². The number of carbonyl (C=O) groups is 2. The molecule has 26 heavy (non-hydrogen) atoms. The van der Waals surface area contributed by atoms with Crippen LogP contribution in [0.4, 0.5) is 5.69 Å². The number of benzene rings is 2. The summed E-state index contributed by atoms with van der Waals surface area (Å²) in [6.45, 7) is 6.32. The van der Waals surface area contributed by atoms with Gasteiger partial charge in [-0.15, -0.1) is 0 Å². The number of hydrogen-bond acceptors (Lipinski definition) is 3. The van der Waals surface area contributed by atoms with E-state index in [0.29, 0.717) is 16.8 Å². The summed E-state index contributed by atoms with van der Waals surface area (Å²) in [5.41, 5.74) is 0.850. The first-order valence-corrected chi connectivity index (χ1v) is 9.27. The molecule has 1 atom stereocenters. The first-order valence-electron chi connectivity index (χ1n) is 8.48. The van der Waals surface area contributed by atoms with Gasteiger partial charge in [0.2, 0.25) is 0 Å². The Hall–Kier alpha value is -1.98. The van der Waals surface area contributed by atoms with Crippen LogP contribution >= 0.6 is 15.9 Å². The number of anilines is 1. The van der Waals surface area contributed by atoms with E-state index in [1.165, 1.54) is 4.90 Å². The van der Waals surface area contributed by atoms with E-state index in [0.717, 1.165) is 10.0 Å². The van der Waals surface area contributed by atoms with Crippen molar-refractivity contribution in [2.45, 2.75) is 38.2 Å². The molecule has 1 amide bonds. The number of likely N-dealkylation sites (N-methyl/N-ethyl adjacent to an activating group) is 1. The Morgan fingerprint density at radius 1 is 1.15 bits per heavy atom. The largest absolute Gasteiger partial charge is 0.375 e. The van der Waals surface area contributed by atoms with Crippen molar-refractivity contribution in [3.05, 3.63) is 63.6 Å². The predicted molar refractivity (Wildman–Crippen MR) is 106 cm³/mol. The fraction of sp³-hybridized carbons (Fsp3) is 0.333. The van der Waals surface area contributed by atoms with Crippen LogP contribution in [0.5, 0.6) is 0 Å². The van der Waals surface area contributed by atoms with Crippen molar-refractivity contribution in [3.8, 4) is 0 Å². The van der Waals surface area contributed by atoms with Crippen LogP contribution in [0.1, 0.15) is 48.7 Å². The number of Topliss-reactive ketones (excluding diaryl/α,β-unsaturated/α-hetero) is 1. The third kappa shape index (κ3) is 3.10. The molecule has 0 unspecified atom stereocenters. The molecule has 0 saturated heterocycles. The van der Waals surface area contributed by atoms with Gasteiger partial charge < -0.3 is 10.0 Å². The second-order valence-electron chi connectivity index (χ2n) is 7.81. The van der Waals surface area contributed by atoms with Crippen LogP contribution in [-0.2, 0) is 15.8 Å². The maximum Gasteiger partial charge on any atom is 0.263 e. The van der Waals surface area contributed by atoms with Crippen molar-refractivity contribution in [2.75, 3.05) is 11.9 Å². The number of fused-ring (bicyclic) bond motifs is 1. The van der Waals surface area contributed by atoms with Gasteiger partial charge in [0.15, 0.2) is 11.4 Å². The minimum Gasteiger partial charge on any atom is -0.375 e. The Labute approximate surface area is 162 Å². The van der Waals surface area contributed by atoms with E-state index in [1.807, 2.05) is 12.1 Å². The summed E-state index contributed by atoms with van der Waals surface area (Å²) in [5, 5.41) is 11.1. The second-order valence-corrected chi connectivity index (χ2v) is 8.73. The highest BCUT2D eigenvalue weighted by atomic mass is 79.9. The standard InChI is InChI=1S/C21H22BrNO3/c1-20(2,3)14-7-5-13(6-8-14)18(24)12-21(26)16-11-15(22)9-10-17(16)23(4)19(21)25/h5-11,26H,12H2,1-4H3/t21-/m0/s1. The van der Waals surface area contributed by atoms with E-state index in [4.69, 9.17) is 0 Å². The number of carbonyl (C=O) groups excluding carboxylic acids is 2. The van der Waals surface area contributed by atoms with Crippen LogP contribution in [-0.4, -0.2) is 23.8 Å². The molecule has 3 rings (SSSR count). The molecule has 136 valence electrons. The van der Waals surface area contributed by atoms with Gasteiger partial charge in [-0.3, -0.25) is 9.59 Å². The van der Waals surface area contributed by atoms with E-state index in [1.54, 1.807) is 37.4 Å². The van der Waals surface area contributed by atoms with Crippen molar-refractivity contribution in [1.29, 1.82) is 0 Å². The van der Waals surface area contributed by atoms with Crippen molar-refractivity contribution < 1.29 is 14.7 Å². The van der Waals surface area contributed by atoms with E-state index in [-0.39, 0.29) is 17.6 Å². The molecule has 1 aliphatic heterocycles. The van der Waals surface area contributed by atoms with Gasteiger partial charge in [-0.2, -0.15) is 0 Å². The van der Waals surface area contributed by atoms with Crippen LogP contribution in [0.3, 0.4) is 0 Å². The lowest BCUT2D eigenvalue weighted by Crippen LogP contribution is -2.40. The lowest BCUT2D eigenvalue weighted by atomic mass is 9.85. The molecule has 0 radical (unpaired) electrons. The first kappa shape index (κ1) is 18.8. The monoisotopic (exact) mass is 415 g/mol. The highest BCUT2D eigenvalue weighted by Gasteiger charge is 2.49. The number of halogens is 1. The maximum atomic E-state index is 12.8. The molecular weight excluding hydrogens is 394 g/mol. The van der Waals surface area contributed by atoms with Crippen LogP contribution < -0.4 is 4.90 Å². The molecule has 1 N–H and O–H groups in total. The van der Waals surface area contributed by atoms with E-state index >= 15 is 0 Å². The molecule has 2 aromatic rings. The number of rotatable bonds is 3.